The number of aromatic nitrogens is 2. The Morgan fingerprint density at radius 1 is 1.21 bits per heavy atom. The third-order valence-corrected chi connectivity index (χ3v) is 4.68. The highest BCUT2D eigenvalue weighted by Crippen LogP contribution is 2.34. The Morgan fingerprint density at radius 3 is 2.71 bits per heavy atom. The molecule has 0 saturated heterocycles. The van der Waals surface area contributed by atoms with E-state index in [-0.39, 0.29) is 11.5 Å². The summed E-state index contributed by atoms with van der Waals surface area (Å²) >= 11 is 7.33. The van der Waals surface area contributed by atoms with Crippen LogP contribution in [-0.2, 0) is 4.52 Å². The molecule has 1 aromatic heterocycles. The van der Waals surface area contributed by atoms with E-state index in [0.29, 0.717) is 26.8 Å². The molecule has 24 heavy (non-hydrogen) atoms. The molecule has 0 radical (unpaired) electrons. The van der Waals surface area contributed by atoms with Crippen LogP contribution in [0.5, 0.6) is 0 Å². The summed E-state index contributed by atoms with van der Waals surface area (Å²) in [6.07, 6.45) is 0. The van der Waals surface area contributed by atoms with Crippen molar-refractivity contribution in [3.05, 3.63) is 47.0 Å². The minimum absolute atomic E-state index is 0.00566. The molecule has 0 aliphatic heterocycles. The van der Waals surface area contributed by atoms with Crippen LogP contribution in [-0.4, -0.2) is 25.7 Å². The van der Waals surface area contributed by atoms with Crippen molar-refractivity contribution in [2.24, 2.45) is 0 Å². The van der Waals surface area contributed by atoms with E-state index in [2.05, 4.69) is 14.5 Å². The highest BCUT2D eigenvalue weighted by Gasteiger charge is 2.14. The van der Waals surface area contributed by atoms with Crippen LogP contribution in [0.15, 0.2) is 35.5 Å². The molecule has 0 aliphatic carbocycles. The first kappa shape index (κ1) is 17.5. The molecule has 0 bridgehead atoms. The zero-order chi connectivity index (χ0) is 17.3. The van der Waals surface area contributed by atoms with Crippen LogP contribution in [0, 0.1) is 11.6 Å². The summed E-state index contributed by atoms with van der Waals surface area (Å²) < 4.78 is 31.7. The molecule has 0 atom stereocenters. The number of halogens is 3. The topological polar surface area (TPSA) is 78.4 Å². The third kappa shape index (κ3) is 3.85. The van der Waals surface area contributed by atoms with Gasteiger partial charge in [0.25, 0.3) is 0 Å². The van der Waals surface area contributed by atoms with Crippen LogP contribution in [0.3, 0.4) is 0 Å². The lowest BCUT2D eigenvalue weighted by molar-refractivity contribution is 0.299. The van der Waals surface area contributed by atoms with Gasteiger partial charge in [0.2, 0.25) is 0 Å². The van der Waals surface area contributed by atoms with Gasteiger partial charge < -0.3 is 19.3 Å². The molecule has 3 aromatic rings. The predicted octanol–water partition coefficient (Wildman–Crippen LogP) is 4.44. The number of rotatable bonds is 5. The van der Waals surface area contributed by atoms with Crippen molar-refractivity contribution in [1.29, 1.82) is 0 Å². The zero-order valence-corrected chi connectivity index (χ0v) is 14.3. The zero-order valence-electron chi connectivity index (χ0n) is 11.8. The second-order valence-corrected chi connectivity index (χ2v) is 6.74. The van der Waals surface area contributed by atoms with E-state index in [9.17, 15) is 8.78 Å². The Balaban J connectivity index is 1.94. The van der Waals surface area contributed by atoms with E-state index in [1.54, 1.807) is 12.1 Å². The van der Waals surface area contributed by atoms with Crippen LogP contribution in [0.25, 0.3) is 22.2 Å². The van der Waals surface area contributed by atoms with Crippen molar-refractivity contribution < 1.29 is 23.1 Å². The van der Waals surface area contributed by atoms with E-state index in [1.165, 1.54) is 6.07 Å². The highest BCUT2D eigenvalue weighted by atomic mass is 35.5. The van der Waals surface area contributed by atoms with Gasteiger partial charge in [0, 0.05) is 17.2 Å². The predicted molar refractivity (Wildman–Crippen MR) is 89.6 cm³/mol. The first-order valence-electron chi connectivity index (χ1n) is 6.52. The van der Waals surface area contributed by atoms with Crippen LogP contribution in [0.1, 0.15) is 0 Å². The Labute approximate surface area is 145 Å². The van der Waals surface area contributed by atoms with Crippen molar-refractivity contribution >= 4 is 43.0 Å². The summed E-state index contributed by atoms with van der Waals surface area (Å²) in [5.74, 6) is -1.38. The average molecular weight is 391 g/mol. The second-order valence-electron chi connectivity index (χ2n) is 4.66. The van der Waals surface area contributed by atoms with Crippen LogP contribution in [0.2, 0.25) is 5.02 Å². The molecule has 0 fully saturated rings. The lowest BCUT2D eigenvalue weighted by Gasteiger charge is -2.06. The number of hydrogen-bond acceptors (Lipinski definition) is 5. The fourth-order valence-electron chi connectivity index (χ4n) is 2.12. The molecule has 0 saturated carbocycles. The number of nitrogens with one attached hydrogen (secondary N) is 1. The summed E-state index contributed by atoms with van der Waals surface area (Å²) in [6, 6.07) is 6.46. The maximum absolute atomic E-state index is 14.0. The molecule has 126 valence electrons. The average Bonchev–Trinajstić information content (AvgIpc) is 2.88. The molecule has 0 aliphatic rings. The molecular weight excluding hydrogens is 381 g/mol. The minimum Gasteiger partial charge on any atom is -0.333 e. The second kappa shape index (κ2) is 7.31. The number of nitrogens with zero attached hydrogens (tertiary/aromatic N) is 1. The molecular formula is C14H10ClF2N2O3PS. The Bertz CT molecular complexity index is 894. The fraction of sp³-hybridized carbons (Fsp3) is 0.0714. The molecule has 3 rings (SSSR count). The van der Waals surface area contributed by atoms with Gasteiger partial charge in [0.05, 0.1) is 16.1 Å². The first-order chi connectivity index (χ1) is 11.4. The standard InChI is InChI=1S/C14H10ClF2N2O3PS/c15-10-5-13-12(18-14(19-13)24-6-22-23(20)21)4-9(10)8-2-1-7(16)3-11(8)17/h1-5,20-21H,6H2,(H,18,19). The number of thioether (sulfide) groups is 1. The lowest BCUT2D eigenvalue weighted by Crippen LogP contribution is -1.88. The molecule has 0 amide bonds. The first-order valence-corrected chi connectivity index (χ1v) is 9.05. The molecule has 2 aromatic carbocycles. The highest BCUT2D eigenvalue weighted by molar-refractivity contribution is 7.99. The van der Waals surface area contributed by atoms with E-state index < -0.39 is 20.2 Å². The van der Waals surface area contributed by atoms with Gasteiger partial charge >= 0.3 is 8.60 Å². The SMILES string of the molecule is OP(O)OCSc1nc2cc(-c3ccc(F)cc3F)c(Cl)cc2[nH]1. The van der Waals surface area contributed by atoms with E-state index in [1.807, 2.05) is 0 Å². The van der Waals surface area contributed by atoms with E-state index in [4.69, 9.17) is 21.4 Å². The van der Waals surface area contributed by atoms with Crippen LogP contribution < -0.4 is 0 Å². The van der Waals surface area contributed by atoms with Crippen molar-refractivity contribution in [3.8, 4) is 11.1 Å². The van der Waals surface area contributed by atoms with Gasteiger partial charge in [0.1, 0.15) is 17.6 Å². The van der Waals surface area contributed by atoms with Gasteiger partial charge in [0.15, 0.2) is 5.16 Å². The van der Waals surface area contributed by atoms with Gasteiger partial charge in [-0.15, -0.1) is 0 Å². The summed E-state index contributed by atoms with van der Waals surface area (Å²) in [4.78, 5) is 24.7. The normalized spacial score (nSPS) is 11.6. The van der Waals surface area contributed by atoms with Crippen LogP contribution in [0.4, 0.5) is 8.78 Å². The van der Waals surface area contributed by atoms with Gasteiger partial charge in [-0.25, -0.2) is 13.8 Å². The molecule has 5 nitrogen and oxygen atoms in total. The lowest BCUT2D eigenvalue weighted by atomic mass is 10.0. The number of hydrogen-bond donors (Lipinski definition) is 3. The number of H-pyrrole nitrogens is 1. The Hall–Kier alpha value is -1.28. The Morgan fingerprint density at radius 2 is 2.00 bits per heavy atom. The largest absolute Gasteiger partial charge is 0.333 e. The number of aromatic amines is 1. The van der Waals surface area contributed by atoms with Crippen molar-refractivity contribution in [2.45, 2.75) is 5.16 Å². The molecule has 1 heterocycles. The molecule has 0 spiro atoms. The fourth-order valence-corrected chi connectivity index (χ4v) is 3.43. The smallest absolute Gasteiger partial charge is 0.327 e. The maximum atomic E-state index is 14.0. The number of fused-ring (bicyclic) bond motifs is 1. The Kier molecular flexibility index (Phi) is 5.34. The summed E-state index contributed by atoms with van der Waals surface area (Å²) in [5.41, 5.74) is 1.74. The quantitative estimate of drug-likeness (QED) is 0.341. The molecule has 10 heteroatoms. The summed E-state index contributed by atoms with van der Waals surface area (Å²) in [7, 11) is -2.42. The number of benzene rings is 2. The van der Waals surface area contributed by atoms with Crippen LogP contribution >= 0.6 is 32.0 Å². The van der Waals surface area contributed by atoms with Gasteiger partial charge in [-0.2, -0.15) is 0 Å². The summed E-state index contributed by atoms with van der Waals surface area (Å²) in [5, 5.41) is 0.772. The third-order valence-electron chi connectivity index (χ3n) is 3.13. The van der Waals surface area contributed by atoms with Crippen molar-refractivity contribution in [1.82, 2.24) is 9.97 Å². The van der Waals surface area contributed by atoms with Gasteiger partial charge in [-0.05, 0) is 24.3 Å². The van der Waals surface area contributed by atoms with E-state index in [0.717, 1.165) is 23.9 Å². The monoisotopic (exact) mass is 390 g/mol. The van der Waals surface area contributed by atoms with E-state index >= 15 is 0 Å². The van der Waals surface area contributed by atoms with Crippen molar-refractivity contribution in [3.63, 3.8) is 0 Å². The molecule has 3 N–H and O–H groups in total. The minimum atomic E-state index is -2.42. The summed E-state index contributed by atoms with van der Waals surface area (Å²) in [6.45, 7) is 0. The molecule has 0 unspecified atom stereocenters. The maximum Gasteiger partial charge on any atom is 0.327 e. The van der Waals surface area contributed by atoms with Gasteiger partial charge in [-0.3, -0.25) is 0 Å². The van der Waals surface area contributed by atoms with Crippen molar-refractivity contribution in [2.75, 3.05) is 5.94 Å². The van der Waals surface area contributed by atoms with Gasteiger partial charge in [-0.1, -0.05) is 23.4 Å². The number of imidazole rings is 1.